The summed E-state index contributed by atoms with van der Waals surface area (Å²) in [7, 11) is -1.21. The summed E-state index contributed by atoms with van der Waals surface area (Å²) in [6.07, 6.45) is 5.21. The predicted molar refractivity (Wildman–Crippen MR) is 68.7 cm³/mol. The first-order valence-electron chi connectivity index (χ1n) is 5.08. The Kier molecular flexibility index (Phi) is 4.24. The van der Waals surface area contributed by atoms with Crippen molar-refractivity contribution in [3.8, 4) is 0 Å². The second-order valence-electron chi connectivity index (χ2n) is 4.44. The van der Waals surface area contributed by atoms with Crippen LogP contribution in [0.25, 0.3) is 6.08 Å². The van der Waals surface area contributed by atoms with Crippen LogP contribution < -0.4 is 0 Å². The van der Waals surface area contributed by atoms with E-state index in [1.165, 1.54) is 0 Å². The summed E-state index contributed by atoms with van der Waals surface area (Å²) in [6.45, 7) is 7.52. The normalized spacial score (nSPS) is 15.6. The van der Waals surface area contributed by atoms with Gasteiger partial charge in [0.2, 0.25) is 0 Å². The maximum atomic E-state index is 11.7. The van der Waals surface area contributed by atoms with E-state index in [4.69, 9.17) is 4.42 Å². The van der Waals surface area contributed by atoms with Crippen LogP contribution in [-0.2, 0) is 11.0 Å². The Bertz CT molecular complexity index is 411. The fraction of sp³-hybridized carbons (Fsp3) is 0.417. The van der Waals surface area contributed by atoms with E-state index in [2.05, 4.69) is 4.40 Å². The summed E-state index contributed by atoms with van der Waals surface area (Å²) in [5.74, 6) is 0.760. The van der Waals surface area contributed by atoms with E-state index in [1.54, 1.807) is 18.4 Å². The van der Waals surface area contributed by atoms with Crippen LogP contribution in [0, 0.1) is 0 Å². The summed E-state index contributed by atoms with van der Waals surface area (Å²) in [6, 6.07) is 3.67. The molecule has 0 spiro atoms. The molecule has 0 bridgehead atoms. The Balaban J connectivity index is 2.69. The SMILES string of the molecule is CC(/C=C\c1ccco1)=N\S(=O)C(C)(C)C. The Hall–Kier alpha value is -1.16. The van der Waals surface area contributed by atoms with Crippen LogP contribution in [0.1, 0.15) is 33.5 Å². The third-order valence-electron chi connectivity index (χ3n) is 1.78. The smallest absolute Gasteiger partial charge is 0.145 e. The number of hydrogen-bond donors (Lipinski definition) is 0. The fourth-order valence-electron chi connectivity index (χ4n) is 0.887. The Morgan fingerprint density at radius 3 is 2.69 bits per heavy atom. The molecule has 1 aromatic rings. The van der Waals surface area contributed by atoms with Crippen molar-refractivity contribution in [3.63, 3.8) is 0 Å². The van der Waals surface area contributed by atoms with Crippen LogP contribution in [0.2, 0.25) is 0 Å². The molecule has 0 saturated carbocycles. The average Bonchev–Trinajstić information content (AvgIpc) is 2.65. The standard InChI is InChI=1S/C12H17NO2S/c1-10(13-16(14)12(2,3)4)7-8-11-6-5-9-15-11/h5-9H,1-4H3/b8-7-,13-10+. The molecule has 0 fully saturated rings. The molecule has 0 aliphatic carbocycles. The molecule has 1 rings (SSSR count). The second-order valence-corrected chi connectivity index (χ2v) is 6.35. The number of furan rings is 1. The first-order valence-corrected chi connectivity index (χ1v) is 6.19. The number of rotatable bonds is 3. The lowest BCUT2D eigenvalue weighted by Gasteiger charge is -2.13. The molecule has 88 valence electrons. The van der Waals surface area contributed by atoms with Gasteiger partial charge in [-0.15, -0.1) is 0 Å². The zero-order chi connectivity index (χ0) is 12.2. The lowest BCUT2D eigenvalue weighted by molar-refractivity contribution is 0.557. The minimum atomic E-state index is -1.21. The molecule has 4 heteroatoms. The van der Waals surface area contributed by atoms with E-state index in [1.807, 2.05) is 39.8 Å². The van der Waals surface area contributed by atoms with Crippen LogP contribution in [0.4, 0.5) is 0 Å². The molecular formula is C12H17NO2S. The lowest BCUT2D eigenvalue weighted by Crippen LogP contribution is -2.20. The molecule has 0 N–H and O–H groups in total. The highest BCUT2D eigenvalue weighted by atomic mass is 32.2. The van der Waals surface area contributed by atoms with Crippen LogP contribution in [-0.4, -0.2) is 14.7 Å². The van der Waals surface area contributed by atoms with Gasteiger partial charge in [-0.3, -0.25) is 0 Å². The summed E-state index contributed by atoms with van der Waals surface area (Å²) < 4.78 is 20.6. The highest BCUT2D eigenvalue weighted by Crippen LogP contribution is 2.12. The van der Waals surface area contributed by atoms with E-state index >= 15 is 0 Å². The van der Waals surface area contributed by atoms with Crippen LogP contribution in [0.3, 0.4) is 0 Å². The monoisotopic (exact) mass is 239 g/mol. The van der Waals surface area contributed by atoms with Crippen molar-refractivity contribution in [3.05, 3.63) is 30.2 Å². The quantitative estimate of drug-likeness (QED) is 0.760. The largest absolute Gasteiger partial charge is 0.465 e. The summed E-state index contributed by atoms with van der Waals surface area (Å²) in [4.78, 5) is 0. The highest BCUT2D eigenvalue weighted by Gasteiger charge is 2.18. The molecule has 0 amide bonds. The summed E-state index contributed by atoms with van der Waals surface area (Å²) in [5, 5.41) is 0. The fourth-order valence-corrected chi connectivity index (χ4v) is 1.48. The predicted octanol–water partition coefficient (Wildman–Crippen LogP) is 3.22. The van der Waals surface area contributed by atoms with Gasteiger partial charge in [-0.25, -0.2) is 4.21 Å². The van der Waals surface area contributed by atoms with Crippen molar-refractivity contribution >= 4 is 22.8 Å². The van der Waals surface area contributed by atoms with E-state index in [9.17, 15) is 4.21 Å². The van der Waals surface area contributed by atoms with Crippen molar-refractivity contribution in [2.45, 2.75) is 32.4 Å². The third-order valence-corrected chi connectivity index (χ3v) is 3.28. The molecule has 0 aliphatic rings. The van der Waals surface area contributed by atoms with Crippen molar-refractivity contribution in [2.24, 2.45) is 4.40 Å². The average molecular weight is 239 g/mol. The molecular weight excluding hydrogens is 222 g/mol. The minimum Gasteiger partial charge on any atom is -0.465 e. The Labute approximate surface area is 98.9 Å². The first-order chi connectivity index (χ1) is 7.39. The molecule has 0 aromatic carbocycles. The molecule has 1 atom stereocenters. The van der Waals surface area contributed by atoms with E-state index in [0.29, 0.717) is 0 Å². The second kappa shape index (κ2) is 5.25. The van der Waals surface area contributed by atoms with Crippen LogP contribution in [0.5, 0.6) is 0 Å². The molecule has 0 saturated heterocycles. The van der Waals surface area contributed by atoms with Gasteiger partial charge in [0.1, 0.15) is 16.7 Å². The van der Waals surface area contributed by atoms with Gasteiger partial charge in [-0.1, -0.05) is 0 Å². The van der Waals surface area contributed by atoms with Crippen LogP contribution >= 0.6 is 0 Å². The van der Waals surface area contributed by atoms with Crippen molar-refractivity contribution in [1.82, 2.24) is 0 Å². The first kappa shape index (κ1) is 12.9. The maximum absolute atomic E-state index is 11.7. The van der Waals surface area contributed by atoms with E-state index < -0.39 is 11.0 Å². The maximum Gasteiger partial charge on any atom is 0.145 e. The molecule has 1 heterocycles. The summed E-state index contributed by atoms with van der Waals surface area (Å²) >= 11 is 0. The number of nitrogens with zero attached hydrogens (tertiary/aromatic N) is 1. The van der Waals surface area contributed by atoms with Gasteiger partial charge in [-0.2, -0.15) is 4.40 Å². The molecule has 16 heavy (non-hydrogen) atoms. The van der Waals surface area contributed by atoms with Crippen molar-refractivity contribution in [1.29, 1.82) is 0 Å². The molecule has 3 nitrogen and oxygen atoms in total. The molecule has 0 radical (unpaired) electrons. The molecule has 0 aliphatic heterocycles. The van der Waals surface area contributed by atoms with Gasteiger partial charge >= 0.3 is 0 Å². The lowest BCUT2D eigenvalue weighted by atomic mass is 10.3. The third kappa shape index (κ3) is 4.14. The van der Waals surface area contributed by atoms with E-state index in [0.717, 1.165) is 11.5 Å². The highest BCUT2D eigenvalue weighted by molar-refractivity contribution is 7.85. The zero-order valence-electron chi connectivity index (χ0n) is 10.1. The summed E-state index contributed by atoms with van der Waals surface area (Å²) in [5.41, 5.74) is 0.727. The molecule has 1 aromatic heterocycles. The minimum absolute atomic E-state index is 0.320. The van der Waals surface area contributed by atoms with Gasteiger partial charge in [0.05, 0.1) is 11.0 Å². The Morgan fingerprint density at radius 2 is 2.19 bits per heavy atom. The van der Waals surface area contributed by atoms with Crippen molar-refractivity contribution in [2.75, 3.05) is 0 Å². The van der Waals surface area contributed by atoms with Gasteiger partial charge < -0.3 is 4.42 Å². The number of hydrogen-bond acceptors (Lipinski definition) is 2. The van der Waals surface area contributed by atoms with Gasteiger partial charge in [0.25, 0.3) is 0 Å². The number of allylic oxidation sites excluding steroid dienone is 1. The topological polar surface area (TPSA) is 42.6 Å². The Morgan fingerprint density at radius 1 is 1.50 bits per heavy atom. The van der Waals surface area contributed by atoms with Gasteiger partial charge in [-0.05, 0) is 52.0 Å². The van der Waals surface area contributed by atoms with Crippen LogP contribution in [0.15, 0.2) is 33.3 Å². The van der Waals surface area contributed by atoms with Gasteiger partial charge in [0.15, 0.2) is 0 Å². The molecule has 1 unspecified atom stereocenters. The van der Waals surface area contributed by atoms with Crippen molar-refractivity contribution < 1.29 is 8.63 Å². The zero-order valence-corrected chi connectivity index (χ0v) is 10.9. The van der Waals surface area contributed by atoms with Gasteiger partial charge in [0, 0.05) is 5.71 Å². The van der Waals surface area contributed by atoms with E-state index in [-0.39, 0.29) is 4.75 Å².